The highest BCUT2D eigenvalue weighted by atomic mass is 35.5. The lowest BCUT2D eigenvalue weighted by atomic mass is 9.99. The molecule has 0 amide bonds. The van der Waals surface area contributed by atoms with Gasteiger partial charge in [0.05, 0.1) is 7.11 Å². The van der Waals surface area contributed by atoms with Gasteiger partial charge in [-0.25, -0.2) is 0 Å². The molecular weight excluding hydrogens is 294 g/mol. The topological polar surface area (TPSA) is 14.2 Å². The first-order chi connectivity index (χ1) is 10.6. The summed E-state index contributed by atoms with van der Waals surface area (Å²) in [7, 11) is 3.70. The molecule has 0 unspecified atom stereocenters. The van der Waals surface area contributed by atoms with Crippen LogP contribution in [0.2, 0.25) is 0 Å². The largest absolute Gasteiger partial charge is 0.496 e. The van der Waals surface area contributed by atoms with Gasteiger partial charge in [-0.05, 0) is 30.7 Å². The van der Waals surface area contributed by atoms with E-state index in [0.29, 0.717) is 5.03 Å². The highest BCUT2D eigenvalue weighted by molar-refractivity contribution is 6.31. The molecule has 0 fully saturated rings. The van der Waals surface area contributed by atoms with Gasteiger partial charge in [0.2, 0.25) is 0 Å². The molecule has 1 aromatic heterocycles. The molecule has 3 heteroatoms. The van der Waals surface area contributed by atoms with Crippen molar-refractivity contribution in [3.05, 3.63) is 72.1 Å². The summed E-state index contributed by atoms with van der Waals surface area (Å²) in [5.74, 6) is 0.857. The quantitative estimate of drug-likeness (QED) is 0.673. The van der Waals surface area contributed by atoms with Crippen molar-refractivity contribution in [2.24, 2.45) is 7.05 Å². The average Bonchev–Trinajstić information content (AvgIpc) is 2.89. The van der Waals surface area contributed by atoms with Crippen molar-refractivity contribution in [3.8, 4) is 16.9 Å². The van der Waals surface area contributed by atoms with Crippen LogP contribution in [-0.4, -0.2) is 11.7 Å². The molecule has 114 valence electrons. The number of aryl methyl sites for hydroxylation is 1. The molecule has 0 atom stereocenters. The summed E-state index contributed by atoms with van der Waals surface area (Å²) in [4.78, 5) is 0. The van der Waals surface area contributed by atoms with E-state index in [2.05, 4.69) is 25.0 Å². The zero-order chi connectivity index (χ0) is 16.1. The molecule has 0 saturated heterocycles. The van der Waals surface area contributed by atoms with Crippen LogP contribution in [0.3, 0.4) is 0 Å². The first kappa shape index (κ1) is 16.2. The van der Waals surface area contributed by atoms with E-state index in [1.54, 1.807) is 19.3 Å². The number of halogens is 1. The van der Waals surface area contributed by atoms with E-state index < -0.39 is 0 Å². The van der Waals surface area contributed by atoms with Crippen LogP contribution in [0.15, 0.2) is 66.5 Å². The molecular formula is C19H20ClNO. The number of hydrogen-bond acceptors (Lipinski definition) is 1. The number of benzene rings is 1. The third kappa shape index (κ3) is 3.52. The Morgan fingerprint density at radius 3 is 2.64 bits per heavy atom. The number of ether oxygens (including phenoxy) is 1. The maximum atomic E-state index is 6.17. The molecule has 2 rings (SSSR count). The van der Waals surface area contributed by atoms with Gasteiger partial charge < -0.3 is 9.30 Å². The second kappa shape index (κ2) is 7.19. The number of hydrogen-bond donors (Lipinski definition) is 0. The monoisotopic (exact) mass is 313 g/mol. The Morgan fingerprint density at radius 2 is 1.95 bits per heavy atom. The van der Waals surface area contributed by atoms with Gasteiger partial charge >= 0.3 is 0 Å². The number of rotatable bonds is 5. The summed E-state index contributed by atoms with van der Waals surface area (Å²) in [6.07, 6.45) is 9.58. The summed E-state index contributed by atoms with van der Waals surface area (Å²) in [6.45, 7) is 5.71. The van der Waals surface area contributed by atoms with Crippen LogP contribution in [0.4, 0.5) is 0 Å². The number of nitrogens with zero attached hydrogens (tertiary/aromatic N) is 1. The van der Waals surface area contributed by atoms with Gasteiger partial charge in [-0.2, -0.15) is 0 Å². The fourth-order valence-corrected chi connectivity index (χ4v) is 2.68. The summed E-state index contributed by atoms with van der Waals surface area (Å²) >= 11 is 6.17. The highest BCUT2D eigenvalue weighted by Crippen LogP contribution is 2.36. The van der Waals surface area contributed by atoms with Crippen LogP contribution < -0.4 is 4.74 Å². The fourth-order valence-electron chi connectivity index (χ4n) is 2.42. The predicted octanol–water partition coefficient (Wildman–Crippen LogP) is 5.41. The zero-order valence-electron chi connectivity index (χ0n) is 13.1. The van der Waals surface area contributed by atoms with Crippen molar-refractivity contribution < 1.29 is 4.74 Å². The summed E-state index contributed by atoms with van der Waals surface area (Å²) < 4.78 is 7.53. The summed E-state index contributed by atoms with van der Waals surface area (Å²) in [6, 6.07) is 8.01. The standard InChI is InChI=1S/C19H20ClNO/c1-5-8-15(20)11-14(2)17-12-21(3)13-18(17)16-9-6-7-10-19(16)22-4/h5-13H,1H2,2-4H3/b14-11+,15-8+. The van der Waals surface area contributed by atoms with Crippen molar-refractivity contribution in [2.45, 2.75) is 6.92 Å². The number of aromatic nitrogens is 1. The minimum atomic E-state index is 0.655. The number of methoxy groups -OCH3 is 1. The Kier molecular flexibility index (Phi) is 5.29. The highest BCUT2D eigenvalue weighted by Gasteiger charge is 2.13. The lowest BCUT2D eigenvalue weighted by molar-refractivity contribution is 0.416. The van der Waals surface area contributed by atoms with Gasteiger partial charge in [-0.3, -0.25) is 0 Å². The first-order valence-corrected chi connectivity index (χ1v) is 7.41. The van der Waals surface area contributed by atoms with E-state index in [9.17, 15) is 0 Å². The third-order valence-corrected chi connectivity index (χ3v) is 3.64. The lowest BCUT2D eigenvalue weighted by Crippen LogP contribution is -1.88. The molecule has 1 aromatic carbocycles. The molecule has 0 aliphatic heterocycles. The molecule has 1 heterocycles. The van der Waals surface area contributed by atoms with E-state index in [1.165, 1.54) is 0 Å². The lowest BCUT2D eigenvalue weighted by Gasteiger charge is -2.09. The molecule has 0 aliphatic carbocycles. The molecule has 2 nitrogen and oxygen atoms in total. The second-order valence-corrected chi connectivity index (χ2v) is 5.50. The van der Waals surface area contributed by atoms with Crippen molar-refractivity contribution >= 4 is 17.2 Å². The van der Waals surface area contributed by atoms with E-state index >= 15 is 0 Å². The number of allylic oxidation sites excluding steroid dienone is 5. The van der Waals surface area contributed by atoms with Gasteiger partial charge in [-0.15, -0.1) is 0 Å². The van der Waals surface area contributed by atoms with Crippen molar-refractivity contribution in [1.29, 1.82) is 0 Å². The average molecular weight is 314 g/mol. The van der Waals surface area contributed by atoms with Gasteiger partial charge in [-0.1, -0.05) is 42.5 Å². The molecule has 0 N–H and O–H groups in total. The van der Waals surface area contributed by atoms with Crippen LogP contribution in [0.5, 0.6) is 5.75 Å². The van der Waals surface area contributed by atoms with Crippen LogP contribution in [0.1, 0.15) is 12.5 Å². The van der Waals surface area contributed by atoms with Crippen LogP contribution in [0.25, 0.3) is 16.7 Å². The number of para-hydroxylation sites is 1. The first-order valence-electron chi connectivity index (χ1n) is 7.03. The second-order valence-electron chi connectivity index (χ2n) is 5.07. The molecule has 0 spiro atoms. The maximum absolute atomic E-state index is 6.17. The smallest absolute Gasteiger partial charge is 0.126 e. The minimum absolute atomic E-state index is 0.655. The van der Waals surface area contributed by atoms with E-state index in [0.717, 1.165) is 28.0 Å². The van der Waals surface area contributed by atoms with Crippen LogP contribution >= 0.6 is 11.6 Å². The van der Waals surface area contributed by atoms with E-state index in [4.69, 9.17) is 16.3 Å². The molecule has 0 radical (unpaired) electrons. The Hall–Kier alpha value is -2.19. The van der Waals surface area contributed by atoms with Crippen molar-refractivity contribution in [2.75, 3.05) is 7.11 Å². The van der Waals surface area contributed by atoms with E-state index in [-0.39, 0.29) is 0 Å². The summed E-state index contributed by atoms with van der Waals surface area (Å²) in [5, 5.41) is 0.655. The van der Waals surface area contributed by atoms with Gasteiger partial charge in [0.25, 0.3) is 0 Å². The maximum Gasteiger partial charge on any atom is 0.126 e. The molecule has 0 aliphatic rings. The van der Waals surface area contributed by atoms with E-state index in [1.807, 2.05) is 42.8 Å². The molecule has 0 bridgehead atoms. The predicted molar refractivity (Wildman–Crippen MR) is 95.2 cm³/mol. The van der Waals surface area contributed by atoms with Crippen LogP contribution in [0, 0.1) is 0 Å². The third-order valence-electron chi connectivity index (χ3n) is 3.41. The molecule has 0 saturated carbocycles. The van der Waals surface area contributed by atoms with Crippen molar-refractivity contribution in [3.63, 3.8) is 0 Å². The van der Waals surface area contributed by atoms with Crippen LogP contribution in [-0.2, 0) is 7.05 Å². The Morgan fingerprint density at radius 1 is 1.23 bits per heavy atom. The van der Waals surface area contributed by atoms with Gasteiger partial charge in [0.1, 0.15) is 5.75 Å². The fraction of sp³-hybridized carbons (Fsp3) is 0.158. The molecule has 2 aromatic rings. The zero-order valence-corrected chi connectivity index (χ0v) is 13.9. The van der Waals surface area contributed by atoms with Crippen molar-refractivity contribution in [1.82, 2.24) is 4.57 Å². The molecule has 22 heavy (non-hydrogen) atoms. The Labute approximate surface area is 137 Å². The Balaban J connectivity index is 2.56. The minimum Gasteiger partial charge on any atom is -0.496 e. The Bertz CT molecular complexity index is 738. The van der Waals surface area contributed by atoms with Gasteiger partial charge in [0.15, 0.2) is 0 Å². The normalized spacial score (nSPS) is 12.4. The summed E-state index contributed by atoms with van der Waals surface area (Å²) in [5.41, 5.74) is 4.40. The SMILES string of the molecule is C=C/C=C(Cl)\C=C(/C)c1cn(C)cc1-c1ccccc1OC. The van der Waals surface area contributed by atoms with Gasteiger partial charge in [0, 0.05) is 41.2 Å².